The molecule has 1 aromatic rings. The third kappa shape index (κ3) is 4.20. The quantitative estimate of drug-likeness (QED) is 0.825. The van der Waals surface area contributed by atoms with Crippen LogP contribution in [0.15, 0.2) is 12.3 Å². The summed E-state index contributed by atoms with van der Waals surface area (Å²) in [4.78, 5) is 17.7. The van der Waals surface area contributed by atoms with Gasteiger partial charge in [0.1, 0.15) is 5.82 Å². The van der Waals surface area contributed by atoms with Gasteiger partial charge in [-0.15, -0.1) is 0 Å². The standard InChI is InChI=1S/C11H17ClN4O/c1-3-16(2)5-4-14-11(17)8-6-10(13)15-7-9(8)12/h6-7H,3-5H2,1-2H3,(H2,13,15)(H,14,17). The van der Waals surface area contributed by atoms with Crippen LogP contribution >= 0.6 is 11.6 Å². The molecule has 1 aromatic heterocycles. The van der Waals surface area contributed by atoms with Gasteiger partial charge in [0.2, 0.25) is 0 Å². The summed E-state index contributed by atoms with van der Waals surface area (Å²) in [5, 5.41) is 3.09. The van der Waals surface area contributed by atoms with Gasteiger partial charge in [0, 0.05) is 19.3 Å². The molecular weight excluding hydrogens is 240 g/mol. The van der Waals surface area contributed by atoms with Crippen molar-refractivity contribution >= 4 is 23.3 Å². The number of carbonyl (C=O) groups is 1. The molecule has 0 aromatic carbocycles. The molecule has 0 aliphatic carbocycles. The number of hydrogen-bond donors (Lipinski definition) is 2. The van der Waals surface area contributed by atoms with Crippen LogP contribution in [0.3, 0.4) is 0 Å². The van der Waals surface area contributed by atoms with Gasteiger partial charge in [-0.2, -0.15) is 0 Å². The fraction of sp³-hybridized carbons (Fsp3) is 0.455. The minimum absolute atomic E-state index is 0.228. The first kappa shape index (κ1) is 13.7. The number of likely N-dealkylation sites (N-methyl/N-ethyl adjacent to an activating group) is 1. The maximum atomic E-state index is 11.8. The van der Waals surface area contributed by atoms with Crippen LogP contribution in [-0.2, 0) is 0 Å². The van der Waals surface area contributed by atoms with Crippen molar-refractivity contribution in [3.8, 4) is 0 Å². The molecule has 0 bridgehead atoms. The van der Waals surface area contributed by atoms with Crippen LogP contribution in [0.25, 0.3) is 0 Å². The highest BCUT2D eigenvalue weighted by Crippen LogP contribution is 2.16. The second-order valence-corrected chi connectivity index (χ2v) is 4.15. The van der Waals surface area contributed by atoms with Crippen LogP contribution in [-0.4, -0.2) is 42.5 Å². The van der Waals surface area contributed by atoms with Crippen molar-refractivity contribution in [2.45, 2.75) is 6.92 Å². The summed E-state index contributed by atoms with van der Waals surface area (Å²) >= 11 is 5.87. The van der Waals surface area contributed by atoms with Crippen molar-refractivity contribution in [2.75, 3.05) is 32.4 Å². The van der Waals surface area contributed by atoms with Crippen LogP contribution in [0.2, 0.25) is 5.02 Å². The number of nitrogen functional groups attached to an aromatic ring is 1. The largest absolute Gasteiger partial charge is 0.384 e. The van der Waals surface area contributed by atoms with Gasteiger partial charge in [-0.25, -0.2) is 4.98 Å². The molecule has 0 spiro atoms. The molecule has 5 nitrogen and oxygen atoms in total. The lowest BCUT2D eigenvalue weighted by Gasteiger charge is -2.14. The molecule has 6 heteroatoms. The fourth-order valence-electron chi connectivity index (χ4n) is 1.24. The Morgan fingerprint density at radius 3 is 3.00 bits per heavy atom. The number of amides is 1. The lowest BCUT2D eigenvalue weighted by Crippen LogP contribution is -2.33. The molecular formula is C11H17ClN4O. The Morgan fingerprint density at radius 2 is 2.35 bits per heavy atom. The number of pyridine rings is 1. The minimum atomic E-state index is -0.228. The molecule has 17 heavy (non-hydrogen) atoms. The Hall–Kier alpha value is -1.33. The molecule has 0 atom stereocenters. The Balaban J connectivity index is 2.55. The van der Waals surface area contributed by atoms with Gasteiger partial charge in [-0.3, -0.25) is 4.79 Å². The third-order valence-electron chi connectivity index (χ3n) is 2.44. The molecule has 1 amide bonds. The maximum Gasteiger partial charge on any atom is 0.253 e. The Kier molecular flexibility index (Phi) is 5.18. The van der Waals surface area contributed by atoms with E-state index in [0.29, 0.717) is 17.1 Å². The van der Waals surface area contributed by atoms with Crippen molar-refractivity contribution < 1.29 is 4.79 Å². The van der Waals surface area contributed by atoms with Crippen LogP contribution in [0.4, 0.5) is 5.82 Å². The lowest BCUT2D eigenvalue weighted by atomic mass is 10.2. The number of aromatic nitrogens is 1. The van der Waals surface area contributed by atoms with Crippen molar-refractivity contribution in [2.24, 2.45) is 0 Å². The van der Waals surface area contributed by atoms with Gasteiger partial charge in [-0.05, 0) is 19.7 Å². The highest BCUT2D eigenvalue weighted by atomic mass is 35.5. The molecule has 0 fully saturated rings. The number of nitrogens with zero attached hydrogens (tertiary/aromatic N) is 2. The highest BCUT2D eigenvalue weighted by Gasteiger charge is 2.10. The number of halogens is 1. The summed E-state index contributed by atoms with van der Waals surface area (Å²) in [5.74, 6) is 0.0545. The molecule has 0 radical (unpaired) electrons. The van der Waals surface area contributed by atoms with Crippen LogP contribution < -0.4 is 11.1 Å². The summed E-state index contributed by atoms with van der Waals surface area (Å²) < 4.78 is 0. The van der Waals surface area contributed by atoms with Gasteiger partial charge in [-0.1, -0.05) is 18.5 Å². The van der Waals surface area contributed by atoms with E-state index in [-0.39, 0.29) is 11.7 Å². The van der Waals surface area contributed by atoms with E-state index < -0.39 is 0 Å². The summed E-state index contributed by atoms with van der Waals surface area (Å²) in [6.45, 7) is 4.36. The number of hydrogen-bond acceptors (Lipinski definition) is 4. The second-order valence-electron chi connectivity index (χ2n) is 3.74. The minimum Gasteiger partial charge on any atom is -0.384 e. The number of nitrogens with one attached hydrogen (secondary N) is 1. The zero-order valence-corrected chi connectivity index (χ0v) is 10.8. The number of nitrogens with two attached hydrogens (primary N) is 1. The van der Waals surface area contributed by atoms with E-state index in [1.54, 1.807) is 0 Å². The Labute approximate surface area is 106 Å². The van der Waals surface area contributed by atoms with E-state index in [2.05, 4.69) is 22.1 Å². The Bertz CT molecular complexity index is 397. The van der Waals surface area contributed by atoms with Gasteiger partial charge >= 0.3 is 0 Å². The number of carbonyl (C=O) groups excluding carboxylic acids is 1. The van der Waals surface area contributed by atoms with Gasteiger partial charge in [0.25, 0.3) is 5.91 Å². The average Bonchev–Trinajstić information content (AvgIpc) is 2.31. The highest BCUT2D eigenvalue weighted by molar-refractivity contribution is 6.33. The van der Waals surface area contributed by atoms with Crippen molar-refractivity contribution in [1.82, 2.24) is 15.2 Å². The second kappa shape index (κ2) is 6.42. The Morgan fingerprint density at radius 1 is 1.65 bits per heavy atom. The number of anilines is 1. The van der Waals surface area contributed by atoms with Gasteiger partial charge < -0.3 is 16.0 Å². The lowest BCUT2D eigenvalue weighted by molar-refractivity contribution is 0.0950. The topological polar surface area (TPSA) is 71.2 Å². The summed E-state index contributed by atoms with van der Waals surface area (Å²) in [7, 11) is 1.99. The molecule has 1 rings (SSSR count). The van der Waals surface area contributed by atoms with Crippen LogP contribution in [0.5, 0.6) is 0 Å². The molecule has 0 unspecified atom stereocenters. The third-order valence-corrected chi connectivity index (χ3v) is 2.74. The maximum absolute atomic E-state index is 11.8. The number of rotatable bonds is 5. The van der Waals surface area contributed by atoms with Crippen LogP contribution in [0.1, 0.15) is 17.3 Å². The zero-order chi connectivity index (χ0) is 12.8. The fourth-order valence-corrected chi connectivity index (χ4v) is 1.43. The van der Waals surface area contributed by atoms with Crippen molar-refractivity contribution in [3.05, 3.63) is 22.8 Å². The van der Waals surface area contributed by atoms with Crippen molar-refractivity contribution in [1.29, 1.82) is 0 Å². The predicted molar refractivity (Wildman–Crippen MR) is 69.2 cm³/mol. The van der Waals surface area contributed by atoms with E-state index in [1.165, 1.54) is 12.3 Å². The molecule has 1 heterocycles. The molecule has 3 N–H and O–H groups in total. The van der Waals surface area contributed by atoms with E-state index in [9.17, 15) is 4.79 Å². The molecule has 0 saturated heterocycles. The first-order chi connectivity index (χ1) is 8.04. The van der Waals surface area contributed by atoms with Gasteiger partial charge in [0.15, 0.2) is 0 Å². The summed E-state index contributed by atoms with van der Waals surface area (Å²) in [5.41, 5.74) is 5.87. The average molecular weight is 257 g/mol. The normalized spacial score (nSPS) is 10.6. The van der Waals surface area contributed by atoms with E-state index in [4.69, 9.17) is 17.3 Å². The SMILES string of the molecule is CCN(C)CCNC(=O)c1cc(N)ncc1Cl. The van der Waals surface area contributed by atoms with Crippen molar-refractivity contribution in [3.63, 3.8) is 0 Å². The van der Waals surface area contributed by atoms with E-state index >= 15 is 0 Å². The summed E-state index contributed by atoms with van der Waals surface area (Å²) in [6, 6.07) is 1.47. The molecule has 94 valence electrons. The van der Waals surface area contributed by atoms with Crippen LogP contribution in [0, 0.1) is 0 Å². The van der Waals surface area contributed by atoms with Gasteiger partial charge in [0.05, 0.1) is 10.6 Å². The first-order valence-corrected chi connectivity index (χ1v) is 5.80. The summed E-state index contributed by atoms with van der Waals surface area (Å²) in [6.07, 6.45) is 1.38. The van der Waals surface area contributed by atoms with E-state index in [1.807, 2.05) is 7.05 Å². The molecule has 0 aliphatic heterocycles. The zero-order valence-electron chi connectivity index (χ0n) is 10.0. The smallest absolute Gasteiger partial charge is 0.253 e. The van der Waals surface area contributed by atoms with E-state index in [0.717, 1.165) is 13.1 Å². The molecule has 0 aliphatic rings. The predicted octanol–water partition coefficient (Wildman–Crippen LogP) is 0.999. The molecule has 0 saturated carbocycles. The first-order valence-electron chi connectivity index (χ1n) is 5.42. The monoisotopic (exact) mass is 256 g/mol.